The zero-order chi connectivity index (χ0) is 12.3. The van der Waals surface area contributed by atoms with Gasteiger partial charge in [-0.15, -0.1) is 11.3 Å². The second-order valence-electron chi connectivity index (χ2n) is 6.89. The van der Waals surface area contributed by atoms with Crippen LogP contribution in [0.15, 0.2) is 11.4 Å². The first-order valence-electron chi connectivity index (χ1n) is 7.44. The summed E-state index contributed by atoms with van der Waals surface area (Å²) in [6.07, 6.45) is 6.91. The molecular formula is C16H22OS. The van der Waals surface area contributed by atoms with Crippen molar-refractivity contribution < 1.29 is 5.11 Å². The first kappa shape index (κ1) is 11.5. The van der Waals surface area contributed by atoms with E-state index in [9.17, 15) is 5.11 Å². The molecule has 4 aliphatic carbocycles. The molecular weight excluding hydrogens is 240 g/mol. The molecule has 1 unspecified atom stereocenters. The lowest BCUT2D eigenvalue weighted by molar-refractivity contribution is -0.0908. The lowest BCUT2D eigenvalue weighted by atomic mass is 9.50. The normalized spacial score (nSPS) is 43.3. The van der Waals surface area contributed by atoms with Gasteiger partial charge in [0.2, 0.25) is 0 Å². The molecule has 0 radical (unpaired) electrons. The van der Waals surface area contributed by atoms with E-state index in [1.807, 2.05) is 0 Å². The fourth-order valence-corrected chi connectivity index (χ4v) is 6.14. The van der Waals surface area contributed by atoms with Crippen molar-refractivity contribution in [3.63, 3.8) is 0 Å². The topological polar surface area (TPSA) is 20.2 Å². The van der Waals surface area contributed by atoms with E-state index in [4.69, 9.17) is 0 Å². The largest absolute Gasteiger partial charge is 0.388 e. The van der Waals surface area contributed by atoms with Crippen LogP contribution >= 0.6 is 11.3 Å². The molecule has 1 heterocycles. The van der Waals surface area contributed by atoms with E-state index in [0.717, 1.165) is 23.7 Å². The standard InChI is InChI=1S/C16H22OS/c1-9-14(2-3-18-9)16(17)15-12-5-10-4-11(7-12)8-13(15)6-10/h2-3,10-13,15-17H,4-8H2,1H3. The van der Waals surface area contributed by atoms with Gasteiger partial charge in [0.1, 0.15) is 0 Å². The molecule has 1 aromatic heterocycles. The van der Waals surface area contributed by atoms with Crippen molar-refractivity contribution in [2.75, 3.05) is 0 Å². The van der Waals surface area contributed by atoms with Gasteiger partial charge in [0, 0.05) is 4.88 Å². The molecule has 4 bridgehead atoms. The van der Waals surface area contributed by atoms with Crippen molar-refractivity contribution >= 4 is 11.3 Å². The Bertz CT molecular complexity index is 422. The summed E-state index contributed by atoms with van der Waals surface area (Å²) in [5, 5.41) is 13.0. The maximum atomic E-state index is 10.8. The number of rotatable bonds is 2. The average molecular weight is 262 g/mol. The summed E-state index contributed by atoms with van der Waals surface area (Å²) in [5.74, 6) is 4.19. The zero-order valence-electron chi connectivity index (χ0n) is 11.0. The Balaban J connectivity index is 1.63. The lowest BCUT2D eigenvalue weighted by Gasteiger charge is -2.55. The van der Waals surface area contributed by atoms with Crippen LogP contribution in [0.4, 0.5) is 0 Å². The van der Waals surface area contributed by atoms with Crippen LogP contribution in [0.2, 0.25) is 0 Å². The van der Waals surface area contributed by atoms with E-state index in [1.165, 1.54) is 42.5 Å². The predicted octanol–water partition coefficient (Wildman–Crippen LogP) is 4.16. The third-order valence-corrected chi connectivity index (χ3v) is 6.74. The van der Waals surface area contributed by atoms with Gasteiger partial charge >= 0.3 is 0 Å². The second-order valence-corrected chi connectivity index (χ2v) is 8.01. The highest BCUT2D eigenvalue weighted by Crippen LogP contribution is 2.59. The molecule has 0 amide bonds. The first-order chi connectivity index (χ1) is 8.72. The maximum Gasteiger partial charge on any atom is 0.0834 e. The summed E-state index contributed by atoms with van der Waals surface area (Å²) < 4.78 is 0. The molecule has 4 saturated carbocycles. The van der Waals surface area contributed by atoms with Gasteiger partial charge in [0.25, 0.3) is 0 Å². The predicted molar refractivity (Wildman–Crippen MR) is 74.6 cm³/mol. The smallest absolute Gasteiger partial charge is 0.0834 e. The van der Waals surface area contributed by atoms with E-state index in [2.05, 4.69) is 18.4 Å². The van der Waals surface area contributed by atoms with E-state index in [0.29, 0.717) is 5.92 Å². The summed E-state index contributed by atoms with van der Waals surface area (Å²) >= 11 is 1.77. The molecule has 2 heteroatoms. The average Bonchev–Trinajstić information content (AvgIpc) is 2.73. The molecule has 5 rings (SSSR count). The third-order valence-electron chi connectivity index (χ3n) is 5.88. The Hall–Kier alpha value is -0.340. The lowest BCUT2D eigenvalue weighted by Crippen LogP contribution is -2.47. The highest BCUT2D eigenvalue weighted by molar-refractivity contribution is 7.10. The highest BCUT2D eigenvalue weighted by atomic mass is 32.1. The van der Waals surface area contributed by atoms with Crippen LogP contribution in [0.3, 0.4) is 0 Å². The first-order valence-corrected chi connectivity index (χ1v) is 8.32. The highest BCUT2D eigenvalue weighted by Gasteiger charge is 2.50. The van der Waals surface area contributed by atoms with Crippen LogP contribution in [-0.2, 0) is 0 Å². The van der Waals surface area contributed by atoms with Crippen molar-refractivity contribution in [3.05, 3.63) is 21.9 Å². The molecule has 4 fully saturated rings. The number of hydrogen-bond donors (Lipinski definition) is 1. The Morgan fingerprint density at radius 2 is 1.72 bits per heavy atom. The van der Waals surface area contributed by atoms with Gasteiger partial charge in [-0.05, 0) is 85.6 Å². The summed E-state index contributed by atoms with van der Waals surface area (Å²) in [6.45, 7) is 2.15. The van der Waals surface area contributed by atoms with Gasteiger partial charge in [-0.25, -0.2) is 0 Å². The maximum absolute atomic E-state index is 10.8. The van der Waals surface area contributed by atoms with Crippen molar-refractivity contribution in [1.29, 1.82) is 0 Å². The molecule has 0 aliphatic heterocycles. The van der Waals surface area contributed by atoms with Crippen LogP contribution in [0, 0.1) is 36.5 Å². The SMILES string of the molecule is Cc1sccc1C(O)C1C2CC3CC(C2)CC1C3. The van der Waals surface area contributed by atoms with Gasteiger partial charge in [0.05, 0.1) is 6.10 Å². The van der Waals surface area contributed by atoms with E-state index < -0.39 is 0 Å². The number of aliphatic hydroxyl groups excluding tert-OH is 1. The minimum absolute atomic E-state index is 0.189. The summed E-state index contributed by atoms with van der Waals surface area (Å²) in [5.41, 5.74) is 1.22. The molecule has 0 saturated heterocycles. The number of aliphatic hydroxyl groups is 1. The monoisotopic (exact) mass is 262 g/mol. The zero-order valence-corrected chi connectivity index (χ0v) is 11.8. The molecule has 4 aliphatic rings. The molecule has 0 aromatic carbocycles. The minimum Gasteiger partial charge on any atom is -0.388 e. The van der Waals surface area contributed by atoms with Crippen LogP contribution in [0.5, 0.6) is 0 Å². The summed E-state index contributed by atoms with van der Waals surface area (Å²) in [7, 11) is 0. The van der Waals surface area contributed by atoms with Gasteiger partial charge < -0.3 is 5.11 Å². The van der Waals surface area contributed by atoms with E-state index in [1.54, 1.807) is 11.3 Å². The Labute approximate surface area is 113 Å². The Morgan fingerprint density at radius 1 is 1.11 bits per heavy atom. The molecule has 1 atom stereocenters. The third kappa shape index (κ3) is 1.61. The van der Waals surface area contributed by atoms with Crippen LogP contribution in [0.25, 0.3) is 0 Å². The van der Waals surface area contributed by atoms with Gasteiger partial charge in [-0.3, -0.25) is 0 Å². The fourth-order valence-electron chi connectivity index (χ4n) is 5.39. The van der Waals surface area contributed by atoms with Gasteiger partial charge in [0.15, 0.2) is 0 Å². The molecule has 0 spiro atoms. The fraction of sp³-hybridized carbons (Fsp3) is 0.750. The molecule has 18 heavy (non-hydrogen) atoms. The summed E-state index contributed by atoms with van der Waals surface area (Å²) in [4.78, 5) is 1.32. The number of aryl methyl sites for hydroxylation is 1. The Morgan fingerprint density at radius 3 is 2.22 bits per heavy atom. The van der Waals surface area contributed by atoms with Crippen molar-refractivity contribution in [2.45, 2.75) is 45.1 Å². The second kappa shape index (κ2) is 4.08. The van der Waals surface area contributed by atoms with Crippen molar-refractivity contribution in [1.82, 2.24) is 0 Å². The molecule has 98 valence electrons. The summed E-state index contributed by atoms with van der Waals surface area (Å²) in [6, 6.07) is 2.15. The van der Waals surface area contributed by atoms with Gasteiger partial charge in [-0.1, -0.05) is 0 Å². The molecule has 1 nitrogen and oxygen atoms in total. The van der Waals surface area contributed by atoms with Gasteiger partial charge in [-0.2, -0.15) is 0 Å². The minimum atomic E-state index is -0.189. The van der Waals surface area contributed by atoms with Crippen molar-refractivity contribution in [2.24, 2.45) is 29.6 Å². The van der Waals surface area contributed by atoms with Crippen LogP contribution in [0.1, 0.15) is 48.6 Å². The number of hydrogen-bond acceptors (Lipinski definition) is 2. The Kier molecular flexibility index (Phi) is 2.60. The van der Waals surface area contributed by atoms with Crippen LogP contribution in [-0.4, -0.2) is 5.11 Å². The number of thiophene rings is 1. The van der Waals surface area contributed by atoms with E-state index in [-0.39, 0.29) is 6.10 Å². The molecule has 1 aromatic rings. The molecule has 1 N–H and O–H groups in total. The quantitative estimate of drug-likeness (QED) is 0.848. The van der Waals surface area contributed by atoms with E-state index >= 15 is 0 Å². The van der Waals surface area contributed by atoms with Crippen molar-refractivity contribution in [3.8, 4) is 0 Å². The van der Waals surface area contributed by atoms with Crippen LogP contribution < -0.4 is 0 Å².